The molecule has 2 aromatic rings. The topological polar surface area (TPSA) is 27.1 Å². The fourth-order valence-corrected chi connectivity index (χ4v) is 3.23. The number of nitrogens with zero attached hydrogens (tertiary/aromatic N) is 2. The monoisotopic (exact) mass is 298 g/mol. The first-order chi connectivity index (χ1) is 9.22. The Labute approximate surface area is 122 Å². The Balaban J connectivity index is 2.12. The Morgan fingerprint density at radius 3 is 3.05 bits per heavy atom. The number of rotatable bonds is 3. The van der Waals surface area contributed by atoms with Gasteiger partial charge in [0.15, 0.2) is 0 Å². The van der Waals surface area contributed by atoms with Crippen LogP contribution in [-0.4, -0.2) is 22.3 Å². The van der Waals surface area contributed by atoms with E-state index in [2.05, 4.69) is 16.5 Å². The van der Waals surface area contributed by atoms with Crippen molar-refractivity contribution in [1.82, 2.24) is 9.55 Å². The number of ether oxygens (including phenoxy) is 1. The zero-order valence-corrected chi connectivity index (χ0v) is 12.3. The molecule has 0 amide bonds. The summed E-state index contributed by atoms with van der Waals surface area (Å²) in [6.07, 6.45) is 2.44. The summed E-state index contributed by atoms with van der Waals surface area (Å²) in [6.45, 7) is 3.01. The number of hydrogen-bond acceptors (Lipinski definition) is 2. The third-order valence-corrected chi connectivity index (χ3v) is 4.32. The number of aromatic nitrogens is 2. The molecule has 1 saturated heterocycles. The summed E-state index contributed by atoms with van der Waals surface area (Å²) in [5.41, 5.74) is 1.86. The lowest BCUT2D eigenvalue weighted by Gasteiger charge is -2.22. The van der Waals surface area contributed by atoms with E-state index in [0.29, 0.717) is 10.9 Å². The van der Waals surface area contributed by atoms with Gasteiger partial charge >= 0.3 is 0 Å². The van der Waals surface area contributed by atoms with Crippen molar-refractivity contribution in [1.29, 1.82) is 0 Å². The number of fused-ring (bicyclic) bond motifs is 1. The maximum Gasteiger partial charge on any atom is 0.125 e. The van der Waals surface area contributed by atoms with Gasteiger partial charge in [-0.1, -0.05) is 17.7 Å². The van der Waals surface area contributed by atoms with Crippen molar-refractivity contribution in [3.63, 3.8) is 0 Å². The molecule has 1 fully saturated rings. The summed E-state index contributed by atoms with van der Waals surface area (Å²) in [7, 11) is 0. The van der Waals surface area contributed by atoms with Gasteiger partial charge in [0.25, 0.3) is 0 Å². The SMILES string of the molecule is CC(C1CCCO1)n1c(CCl)nc2c(Cl)cccc21. The zero-order valence-electron chi connectivity index (χ0n) is 10.8. The lowest BCUT2D eigenvalue weighted by molar-refractivity contribution is 0.0738. The molecule has 0 radical (unpaired) electrons. The first-order valence-corrected chi connectivity index (χ1v) is 7.46. The number of imidazole rings is 1. The Morgan fingerprint density at radius 2 is 2.37 bits per heavy atom. The molecular formula is C14H16Cl2N2O. The smallest absolute Gasteiger partial charge is 0.125 e. The van der Waals surface area contributed by atoms with E-state index in [-0.39, 0.29) is 12.1 Å². The third-order valence-electron chi connectivity index (χ3n) is 3.77. The minimum Gasteiger partial charge on any atom is -0.376 e. The van der Waals surface area contributed by atoms with Gasteiger partial charge in [-0.3, -0.25) is 0 Å². The average Bonchev–Trinajstić information content (AvgIpc) is 3.05. The Bertz CT molecular complexity index is 590. The largest absolute Gasteiger partial charge is 0.376 e. The molecule has 102 valence electrons. The highest BCUT2D eigenvalue weighted by molar-refractivity contribution is 6.35. The van der Waals surface area contributed by atoms with Crippen molar-refractivity contribution >= 4 is 34.2 Å². The van der Waals surface area contributed by atoms with Crippen LogP contribution in [-0.2, 0) is 10.6 Å². The van der Waals surface area contributed by atoms with Crippen molar-refractivity contribution in [2.75, 3.05) is 6.61 Å². The maximum absolute atomic E-state index is 6.21. The molecule has 5 heteroatoms. The normalized spacial score (nSPS) is 21.1. The molecule has 2 heterocycles. The van der Waals surface area contributed by atoms with Crippen molar-refractivity contribution in [3.8, 4) is 0 Å². The second kappa shape index (κ2) is 5.31. The van der Waals surface area contributed by atoms with Crippen LogP contribution >= 0.6 is 23.2 Å². The molecule has 1 aliphatic rings. The first-order valence-electron chi connectivity index (χ1n) is 6.55. The maximum atomic E-state index is 6.21. The number of para-hydroxylation sites is 1. The van der Waals surface area contributed by atoms with Crippen LogP contribution in [0, 0.1) is 0 Å². The van der Waals surface area contributed by atoms with Crippen LogP contribution in [0.25, 0.3) is 11.0 Å². The summed E-state index contributed by atoms with van der Waals surface area (Å²) in [5, 5.41) is 0.669. The van der Waals surface area contributed by atoms with Gasteiger partial charge < -0.3 is 9.30 Å². The quantitative estimate of drug-likeness (QED) is 0.795. The summed E-state index contributed by atoms with van der Waals surface area (Å²) < 4.78 is 7.96. The Hall–Kier alpha value is -0.770. The molecule has 1 aromatic heterocycles. The summed E-state index contributed by atoms with van der Waals surface area (Å²) in [4.78, 5) is 4.57. The fourth-order valence-electron chi connectivity index (χ4n) is 2.83. The molecule has 0 N–H and O–H groups in total. The van der Waals surface area contributed by atoms with E-state index < -0.39 is 0 Å². The second-order valence-corrected chi connectivity index (χ2v) is 5.61. The minimum absolute atomic E-state index is 0.222. The molecule has 1 aliphatic heterocycles. The van der Waals surface area contributed by atoms with Crippen LogP contribution in [0.3, 0.4) is 0 Å². The average molecular weight is 299 g/mol. The number of hydrogen-bond donors (Lipinski definition) is 0. The zero-order chi connectivity index (χ0) is 13.4. The highest BCUT2D eigenvalue weighted by Crippen LogP contribution is 2.32. The number of benzene rings is 1. The van der Waals surface area contributed by atoms with E-state index in [0.717, 1.165) is 36.3 Å². The predicted molar refractivity (Wildman–Crippen MR) is 78.0 cm³/mol. The van der Waals surface area contributed by atoms with Crippen molar-refractivity contribution in [2.24, 2.45) is 0 Å². The van der Waals surface area contributed by atoms with Crippen LogP contribution in [0.5, 0.6) is 0 Å². The van der Waals surface area contributed by atoms with Crippen molar-refractivity contribution < 1.29 is 4.74 Å². The van der Waals surface area contributed by atoms with Crippen LogP contribution in [0.15, 0.2) is 18.2 Å². The van der Waals surface area contributed by atoms with Gasteiger partial charge in [-0.05, 0) is 31.9 Å². The molecule has 3 nitrogen and oxygen atoms in total. The molecule has 2 unspecified atom stereocenters. The molecule has 0 aliphatic carbocycles. The molecule has 0 spiro atoms. The lowest BCUT2D eigenvalue weighted by atomic mass is 10.1. The van der Waals surface area contributed by atoms with E-state index in [1.54, 1.807) is 0 Å². The lowest BCUT2D eigenvalue weighted by Crippen LogP contribution is -2.22. The fraction of sp³-hybridized carbons (Fsp3) is 0.500. The van der Waals surface area contributed by atoms with Crippen LogP contribution in [0.4, 0.5) is 0 Å². The summed E-state index contributed by atoms with van der Waals surface area (Å²) in [6, 6.07) is 6.06. The highest BCUT2D eigenvalue weighted by Gasteiger charge is 2.27. The van der Waals surface area contributed by atoms with E-state index in [1.165, 1.54) is 0 Å². The van der Waals surface area contributed by atoms with E-state index in [9.17, 15) is 0 Å². The Morgan fingerprint density at radius 1 is 1.53 bits per heavy atom. The third kappa shape index (κ3) is 2.24. The van der Waals surface area contributed by atoms with Crippen LogP contribution in [0.1, 0.15) is 31.6 Å². The van der Waals surface area contributed by atoms with Gasteiger partial charge in [0.05, 0.1) is 28.6 Å². The van der Waals surface area contributed by atoms with Gasteiger partial charge in [-0.15, -0.1) is 11.6 Å². The highest BCUT2D eigenvalue weighted by atomic mass is 35.5. The standard InChI is InChI=1S/C14H16Cl2N2O/c1-9(12-6-3-7-19-12)18-11-5-2-4-10(16)14(11)17-13(18)8-15/h2,4-5,9,12H,3,6-8H2,1H3. The van der Waals surface area contributed by atoms with Crippen molar-refractivity contribution in [3.05, 3.63) is 29.0 Å². The number of alkyl halides is 1. The second-order valence-electron chi connectivity index (χ2n) is 4.93. The van der Waals surface area contributed by atoms with Gasteiger partial charge in [0.2, 0.25) is 0 Å². The molecule has 0 saturated carbocycles. The summed E-state index contributed by atoms with van der Waals surface area (Å²) >= 11 is 12.3. The van der Waals surface area contributed by atoms with Crippen LogP contribution in [0.2, 0.25) is 5.02 Å². The van der Waals surface area contributed by atoms with E-state index >= 15 is 0 Å². The van der Waals surface area contributed by atoms with Gasteiger partial charge in [0, 0.05) is 6.61 Å². The van der Waals surface area contributed by atoms with Gasteiger partial charge in [-0.2, -0.15) is 0 Å². The molecule has 19 heavy (non-hydrogen) atoms. The summed E-state index contributed by atoms with van der Waals surface area (Å²) in [5.74, 6) is 1.23. The minimum atomic E-state index is 0.222. The molecule has 3 rings (SSSR count). The molecular weight excluding hydrogens is 283 g/mol. The molecule has 1 aromatic carbocycles. The van der Waals surface area contributed by atoms with Crippen LogP contribution < -0.4 is 0 Å². The predicted octanol–water partition coefficient (Wildman–Crippen LogP) is 4.17. The first kappa shape index (κ1) is 13.2. The Kier molecular flexibility index (Phi) is 3.70. The molecule has 2 atom stereocenters. The van der Waals surface area contributed by atoms with Gasteiger partial charge in [0.1, 0.15) is 11.3 Å². The molecule has 0 bridgehead atoms. The van der Waals surface area contributed by atoms with E-state index in [4.69, 9.17) is 27.9 Å². The van der Waals surface area contributed by atoms with Crippen molar-refractivity contribution in [2.45, 2.75) is 37.8 Å². The van der Waals surface area contributed by atoms with Gasteiger partial charge in [-0.25, -0.2) is 4.98 Å². The number of halogens is 2. The van der Waals surface area contributed by atoms with E-state index in [1.807, 2.05) is 18.2 Å².